The molecule has 1 aliphatic heterocycles. The van der Waals surface area contributed by atoms with Gasteiger partial charge in [-0.1, -0.05) is 12.1 Å². The molecule has 1 saturated heterocycles. The van der Waals surface area contributed by atoms with Crippen LogP contribution in [-0.4, -0.2) is 36.7 Å². The molecule has 0 spiro atoms. The lowest BCUT2D eigenvalue weighted by Gasteiger charge is -2.33. The van der Waals surface area contributed by atoms with E-state index in [1.807, 2.05) is 32.7 Å². The molecule has 22 heavy (non-hydrogen) atoms. The van der Waals surface area contributed by atoms with Crippen LogP contribution in [0.15, 0.2) is 24.3 Å². The molecule has 0 saturated carbocycles. The molecule has 0 atom stereocenters. The highest BCUT2D eigenvalue weighted by Crippen LogP contribution is 2.24. The Balaban J connectivity index is 1.83. The van der Waals surface area contributed by atoms with Crippen molar-refractivity contribution in [1.29, 1.82) is 0 Å². The SMILES string of the molecule is CNc1cccc(CC2CCN(C(=O)OC(C)(C)C)CC2)c1. The summed E-state index contributed by atoms with van der Waals surface area (Å²) in [6, 6.07) is 8.56. The summed E-state index contributed by atoms with van der Waals surface area (Å²) in [5.74, 6) is 0.644. The Labute approximate surface area is 133 Å². The maximum absolute atomic E-state index is 12.1. The van der Waals surface area contributed by atoms with E-state index in [2.05, 4.69) is 29.6 Å². The number of amides is 1. The lowest BCUT2D eigenvalue weighted by Crippen LogP contribution is -2.42. The van der Waals surface area contributed by atoms with Crippen molar-refractivity contribution in [2.75, 3.05) is 25.5 Å². The lowest BCUT2D eigenvalue weighted by molar-refractivity contribution is 0.0184. The fourth-order valence-electron chi connectivity index (χ4n) is 2.83. The molecule has 0 aromatic heterocycles. The molecule has 0 unspecified atom stereocenters. The zero-order valence-electron chi connectivity index (χ0n) is 14.2. The number of ether oxygens (including phenoxy) is 1. The number of nitrogens with zero attached hydrogens (tertiary/aromatic N) is 1. The van der Waals surface area contributed by atoms with E-state index < -0.39 is 5.60 Å². The van der Waals surface area contributed by atoms with Crippen molar-refractivity contribution in [3.8, 4) is 0 Å². The van der Waals surface area contributed by atoms with Gasteiger partial charge in [-0.15, -0.1) is 0 Å². The first-order chi connectivity index (χ1) is 10.4. The van der Waals surface area contributed by atoms with Crippen LogP contribution in [0.4, 0.5) is 10.5 Å². The van der Waals surface area contributed by atoms with Crippen LogP contribution in [0.5, 0.6) is 0 Å². The van der Waals surface area contributed by atoms with Gasteiger partial charge in [0.05, 0.1) is 0 Å². The van der Waals surface area contributed by atoms with Gasteiger partial charge in [0, 0.05) is 25.8 Å². The topological polar surface area (TPSA) is 41.6 Å². The Morgan fingerprint density at radius 3 is 2.59 bits per heavy atom. The third-order valence-corrected chi connectivity index (χ3v) is 4.01. The molecule has 1 fully saturated rings. The monoisotopic (exact) mass is 304 g/mol. The lowest BCUT2D eigenvalue weighted by atomic mass is 9.90. The number of carbonyl (C=O) groups excluding carboxylic acids is 1. The van der Waals surface area contributed by atoms with Crippen LogP contribution in [0.2, 0.25) is 0 Å². The third kappa shape index (κ3) is 4.93. The van der Waals surface area contributed by atoms with Crippen LogP contribution >= 0.6 is 0 Å². The number of likely N-dealkylation sites (tertiary alicyclic amines) is 1. The van der Waals surface area contributed by atoms with Gasteiger partial charge in [-0.25, -0.2) is 4.79 Å². The second-order valence-electron chi connectivity index (χ2n) is 7.07. The summed E-state index contributed by atoms with van der Waals surface area (Å²) in [6.45, 7) is 7.32. The molecule has 1 aromatic carbocycles. The maximum atomic E-state index is 12.1. The van der Waals surface area contributed by atoms with Crippen molar-refractivity contribution in [1.82, 2.24) is 4.90 Å². The first-order valence-corrected chi connectivity index (χ1v) is 8.12. The summed E-state index contributed by atoms with van der Waals surface area (Å²) in [4.78, 5) is 13.9. The Kier molecular flexibility index (Phi) is 5.33. The summed E-state index contributed by atoms with van der Waals surface area (Å²) in [5, 5.41) is 3.18. The molecular weight excluding hydrogens is 276 g/mol. The summed E-state index contributed by atoms with van der Waals surface area (Å²) in [7, 11) is 1.94. The predicted octanol–water partition coefficient (Wildman–Crippen LogP) is 3.92. The largest absolute Gasteiger partial charge is 0.444 e. The highest BCUT2D eigenvalue weighted by Gasteiger charge is 2.26. The molecule has 0 bridgehead atoms. The van der Waals surface area contributed by atoms with Gasteiger partial charge in [0.15, 0.2) is 0 Å². The molecule has 1 N–H and O–H groups in total. The molecule has 4 heteroatoms. The van der Waals surface area contributed by atoms with Gasteiger partial charge in [0.1, 0.15) is 5.60 Å². The number of nitrogens with one attached hydrogen (secondary N) is 1. The van der Waals surface area contributed by atoms with E-state index in [4.69, 9.17) is 4.74 Å². The van der Waals surface area contributed by atoms with E-state index >= 15 is 0 Å². The van der Waals surface area contributed by atoms with Gasteiger partial charge in [-0.05, 0) is 63.6 Å². The minimum absolute atomic E-state index is 0.178. The highest BCUT2D eigenvalue weighted by atomic mass is 16.6. The van der Waals surface area contributed by atoms with Gasteiger partial charge in [-0.2, -0.15) is 0 Å². The van der Waals surface area contributed by atoms with Crippen LogP contribution in [0.1, 0.15) is 39.2 Å². The van der Waals surface area contributed by atoms with Crippen LogP contribution in [0.25, 0.3) is 0 Å². The average Bonchev–Trinajstić information content (AvgIpc) is 2.46. The van der Waals surface area contributed by atoms with Crippen LogP contribution in [0.3, 0.4) is 0 Å². The predicted molar refractivity (Wildman–Crippen MR) is 90.2 cm³/mol. The second-order valence-corrected chi connectivity index (χ2v) is 7.07. The quantitative estimate of drug-likeness (QED) is 0.920. The Morgan fingerprint density at radius 1 is 1.32 bits per heavy atom. The van der Waals surface area contributed by atoms with Gasteiger partial charge in [-0.3, -0.25) is 0 Å². The van der Waals surface area contributed by atoms with E-state index in [0.717, 1.165) is 38.0 Å². The summed E-state index contributed by atoms with van der Waals surface area (Å²) in [5.41, 5.74) is 2.10. The number of carbonyl (C=O) groups is 1. The van der Waals surface area contributed by atoms with Crippen molar-refractivity contribution < 1.29 is 9.53 Å². The fraction of sp³-hybridized carbons (Fsp3) is 0.611. The molecule has 0 radical (unpaired) electrons. The Morgan fingerprint density at radius 2 is 2.00 bits per heavy atom. The highest BCUT2D eigenvalue weighted by molar-refractivity contribution is 5.68. The minimum atomic E-state index is -0.415. The fourth-order valence-corrected chi connectivity index (χ4v) is 2.83. The molecule has 1 amide bonds. The summed E-state index contributed by atoms with van der Waals surface area (Å²) in [6.07, 6.45) is 2.99. The van der Waals surface area contributed by atoms with E-state index in [1.165, 1.54) is 5.56 Å². The van der Waals surface area contributed by atoms with Gasteiger partial charge in [0.2, 0.25) is 0 Å². The van der Waals surface area contributed by atoms with Crippen molar-refractivity contribution in [2.45, 2.75) is 45.6 Å². The molecule has 1 aliphatic rings. The summed E-state index contributed by atoms with van der Waals surface area (Å²) >= 11 is 0. The number of hydrogen-bond donors (Lipinski definition) is 1. The zero-order valence-corrected chi connectivity index (χ0v) is 14.2. The normalized spacial score (nSPS) is 16.5. The Bertz CT molecular complexity index is 500. The van der Waals surface area contributed by atoms with E-state index in [9.17, 15) is 4.79 Å². The number of rotatable bonds is 3. The Hall–Kier alpha value is -1.71. The van der Waals surface area contributed by atoms with E-state index in [1.54, 1.807) is 0 Å². The molecule has 4 nitrogen and oxygen atoms in total. The van der Waals surface area contributed by atoms with Crippen LogP contribution in [-0.2, 0) is 11.2 Å². The second kappa shape index (κ2) is 7.03. The number of benzene rings is 1. The van der Waals surface area contributed by atoms with E-state index in [0.29, 0.717) is 5.92 Å². The molecule has 0 aliphatic carbocycles. The van der Waals surface area contributed by atoms with Crippen molar-refractivity contribution >= 4 is 11.8 Å². The van der Waals surface area contributed by atoms with Gasteiger partial charge >= 0.3 is 6.09 Å². The molecule has 122 valence electrons. The minimum Gasteiger partial charge on any atom is -0.444 e. The first kappa shape index (κ1) is 16.7. The van der Waals surface area contributed by atoms with E-state index in [-0.39, 0.29) is 6.09 Å². The number of piperidine rings is 1. The molecular formula is C18H28N2O2. The van der Waals surface area contributed by atoms with Crippen molar-refractivity contribution in [2.24, 2.45) is 5.92 Å². The third-order valence-electron chi connectivity index (χ3n) is 4.01. The van der Waals surface area contributed by atoms with Crippen molar-refractivity contribution in [3.63, 3.8) is 0 Å². The smallest absolute Gasteiger partial charge is 0.410 e. The summed E-state index contributed by atoms with van der Waals surface area (Å²) < 4.78 is 5.44. The standard InChI is InChI=1S/C18H28N2O2/c1-18(2,3)22-17(21)20-10-8-14(9-11-20)12-15-6-5-7-16(13-15)19-4/h5-7,13-14,19H,8-12H2,1-4H3. The zero-order chi connectivity index (χ0) is 16.2. The average molecular weight is 304 g/mol. The number of anilines is 1. The molecule has 1 aromatic rings. The first-order valence-electron chi connectivity index (χ1n) is 8.12. The van der Waals surface area contributed by atoms with Gasteiger partial charge in [0.25, 0.3) is 0 Å². The van der Waals surface area contributed by atoms with Crippen LogP contribution in [0, 0.1) is 5.92 Å². The molecule has 2 rings (SSSR count). The molecule has 1 heterocycles. The van der Waals surface area contributed by atoms with Crippen LogP contribution < -0.4 is 5.32 Å². The maximum Gasteiger partial charge on any atom is 0.410 e. The number of hydrogen-bond acceptors (Lipinski definition) is 3. The van der Waals surface area contributed by atoms with Crippen molar-refractivity contribution in [3.05, 3.63) is 29.8 Å². The van der Waals surface area contributed by atoms with Gasteiger partial charge < -0.3 is 15.0 Å².